The molecule has 156 valence electrons. The number of halogens is 1. The van der Waals surface area contributed by atoms with Gasteiger partial charge in [-0.2, -0.15) is 5.10 Å². The van der Waals surface area contributed by atoms with Gasteiger partial charge in [-0.1, -0.05) is 29.8 Å². The van der Waals surface area contributed by atoms with Crippen molar-refractivity contribution in [1.82, 2.24) is 9.78 Å². The van der Waals surface area contributed by atoms with Gasteiger partial charge in [-0.05, 0) is 50.5 Å². The SMILES string of the molecule is CC(C)CC(Cc1ccn(C(C)C)n1)C(=O)Nc1cc(Br)ccc1C1=NCCO1. The third-order valence-electron chi connectivity index (χ3n) is 4.83. The average molecular weight is 461 g/mol. The molecule has 7 heteroatoms. The summed E-state index contributed by atoms with van der Waals surface area (Å²) in [6, 6.07) is 8.06. The van der Waals surface area contributed by atoms with E-state index in [-0.39, 0.29) is 11.8 Å². The number of hydrogen-bond acceptors (Lipinski definition) is 4. The van der Waals surface area contributed by atoms with Gasteiger partial charge in [-0.15, -0.1) is 0 Å². The molecule has 0 spiro atoms. The Morgan fingerprint density at radius 2 is 2.07 bits per heavy atom. The Labute approximate surface area is 180 Å². The highest BCUT2D eigenvalue weighted by Crippen LogP contribution is 2.26. The van der Waals surface area contributed by atoms with Crippen molar-refractivity contribution >= 4 is 33.4 Å². The smallest absolute Gasteiger partial charge is 0.227 e. The number of anilines is 1. The number of carbonyl (C=O) groups is 1. The minimum atomic E-state index is -0.163. The lowest BCUT2D eigenvalue weighted by Gasteiger charge is -2.19. The summed E-state index contributed by atoms with van der Waals surface area (Å²) in [5.74, 6) is 0.825. The molecule has 1 aliphatic heterocycles. The maximum absolute atomic E-state index is 13.2. The van der Waals surface area contributed by atoms with E-state index < -0.39 is 0 Å². The molecule has 0 radical (unpaired) electrons. The fourth-order valence-electron chi connectivity index (χ4n) is 3.42. The summed E-state index contributed by atoms with van der Waals surface area (Å²) in [5, 5.41) is 7.75. The van der Waals surface area contributed by atoms with Crippen molar-refractivity contribution in [3.8, 4) is 0 Å². The first kappa shape index (κ1) is 21.6. The van der Waals surface area contributed by atoms with Crippen molar-refractivity contribution in [3.63, 3.8) is 0 Å². The monoisotopic (exact) mass is 460 g/mol. The van der Waals surface area contributed by atoms with E-state index in [1.54, 1.807) is 0 Å². The van der Waals surface area contributed by atoms with E-state index in [4.69, 9.17) is 4.74 Å². The number of carbonyl (C=O) groups excluding carboxylic acids is 1. The first-order chi connectivity index (χ1) is 13.8. The van der Waals surface area contributed by atoms with Gasteiger partial charge in [0.25, 0.3) is 0 Å². The molecule has 0 saturated carbocycles. The van der Waals surface area contributed by atoms with Crippen LogP contribution in [-0.4, -0.2) is 34.7 Å². The third-order valence-corrected chi connectivity index (χ3v) is 5.32. The van der Waals surface area contributed by atoms with E-state index in [1.807, 2.05) is 35.1 Å². The van der Waals surface area contributed by atoms with Crippen LogP contribution in [0.2, 0.25) is 0 Å². The molecule has 2 aromatic rings. The molecule has 0 aliphatic carbocycles. The number of ether oxygens (including phenoxy) is 1. The standard InChI is InChI=1S/C22H29BrN4O2/c1-14(2)11-16(12-18-7-9-27(26-18)15(3)4)21(28)25-20-13-17(23)5-6-19(20)22-24-8-10-29-22/h5-7,9,13-16H,8,10-12H2,1-4H3,(H,25,28). The Morgan fingerprint density at radius 1 is 1.28 bits per heavy atom. The van der Waals surface area contributed by atoms with E-state index in [0.29, 0.717) is 43.1 Å². The van der Waals surface area contributed by atoms with Crippen molar-refractivity contribution in [2.75, 3.05) is 18.5 Å². The number of benzene rings is 1. The Kier molecular flexibility index (Phi) is 7.11. The molecule has 0 bridgehead atoms. The largest absolute Gasteiger partial charge is 0.475 e. The second kappa shape index (κ2) is 9.57. The fourth-order valence-corrected chi connectivity index (χ4v) is 3.78. The van der Waals surface area contributed by atoms with Gasteiger partial charge in [0.05, 0.1) is 23.5 Å². The van der Waals surface area contributed by atoms with Crippen molar-refractivity contribution in [2.24, 2.45) is 16.8 Å². The minimum absolute atomic E-state index is 0.00394. The van der Waals surface area contributed by atoms with Gasteiger partial charge in [0.1, 0.15) is 6.61 Å². The second-order valence-corrected chi connectivity index (χ2v) is 9.04. The predicted octanol–water partition coefficient (Wildman–Crippen LogP) is 4.85. The lowest BCUT2D eigenvalue weighted by Crippen LogP contribution is -2.27. The van der Waals surface area contributed by atoms with Crippen LogP contribution >= 0.6 is 15.9 Å². The molecule has 2 heterocycles. The molecule has 1 amide bonds. The lowest BCUT2D eigenvalue weighted by atomic mass is 9.92. The van der Waals surface area contributed by atoms with Crippen LogP contribution in [-0.2, 0) is 16.0 Å². The summed E-state index contributed by atoms with van der Waals surface area (Å²) >= 11 is 3.50. The van der Waals surface area contributed by atoms with Crippen LogP contribution in [0.5, 0.6) is 0 Å². The van der Waals surface area contributed by atoms with Crippen molar-refractivity contribution < 1.29 is 9.53 Å². The van der Waals surface area contributed by atoms with Crippen molar-refractivity contribution in [1.29, 1.82) is 0 Å². The summed E-state index contributed by atoms with van der Waals surface area (Å²) < 4.78 is 8.44. The van der Waals surface area contributed by atoms with E-state index in [9.17, 15) is 4.79 Å². The van der Waals surface area contributed by atoms with E-state index in [2.05, 4.69) is 59.0 Å². The molecule has 1 N–H and O–H groups in total. The zero-order valence-electron chi connectivity index (χ0n) is 17.5. The topological polar surface area (TPSA) is 68.5 Å². The maximum Gasteiger partial charge on any atom is 0.227 e. The summed E-state index contributed by atoms with van der Waals surface area (Å²) in [5.41, 5.74) is 2.47. The number of nitrogens with one attached hydrogen (secondary N) is 1. The molecule has 29 heavy (non-hydrogen) atoms. The molecule has 1 aliphatic rings. The number of nitrogens with zero attached hydrogens (tertiary/aromatic N) is 3. The molecule has 3 rings (SSSR count). The van der Waals surface area contributed by atoms with Crippen LogP contribution in [0.3, 0.4) is 0 Å². The molecule has 1 aromatic heterocycles. The number of aromatic nitrogens is 2. The molecular weight excluding hydrogens is 432 g/mol. The van der Waals surface area contributed by atoms with Crippen LogP contribution < -0.4 is 5.32 Å². The predicted molar refractivity (Wildman–Crippen MR) is 119 cm³/mol. The summed E-state index contributed by atoms with van der Waals surface area (Å²) in [6.07, 6.45) is 3.39. The zero-order valence-corrected chi connectivity index (χ0v) is 19.1. The summed E-state index contributed by atoms with van der Waals surface area (Å²) in [6.45, 7) is 9.69. The lowest BCUT2D eigenvalue weighted by molar-refractivity contribution is -0.120. The van der Waals surface area contributed by atoms with Gasteiger partial charge in [0.15, 0.2) is 0 Å². The van der Waals surface area contributed by atoms with Crippen LogP contribution in [0.4, 0.5) is 5.69 Å². The molecule has 1 aromatic carbocycles. The number of rotatable bonds is 8. The van der Waals surface area contributed by atoms with E-state index >= 15 is 0 Å². The second-order valence-electron chi connectivity index (χ2n) is 8.13. The van der Waals surface area contributed by atoms with E-state index in [0.717, 1.165) is 22.2 Å². The maximum atomic E-state index is 13.2. The first-order valence-electron chi connectivity index (χ1n) is 10.2. The number of hydrogen-bond donors (Lipinski definition) is 1. The van der Waals surface area contributed by atoms with Gasteiger partial charge in [-0.25, -0.2) is 4.99 Å². The Morgan fingerprint density at radius 3 is 2.69 bits per heavy atom. The van der Waals surface area contributed by atoms with E-state index in [1.165, 1.54) is 0 Å². The van der Waals surface area contributed by atoms with Crippen LogP contribution in [0.15, 0.2) is 39.9 Å². The van der Waals surface area contributed by atoms with Crippen LogP contribution in [0.1, 0.15) is 51.4 Å². The molecule has 1 atom stereocenters. The molecule has 6 nitrogen and oxygen atoms in total. The molecule has 0 saturated heterocycles. The highest BCUT2D eigenvalue weighted by Gasteiger charge is 2.24. The molecule has 1 unspecified atom stereocenters. The Hall–Kier alpha value is -2.15. The average Bonchev–Trinajstić information content (AvgIpc) is 3.33. The fraction of sp³-hybridized carbons (Fsp3) is 0.500. The van der Waals surface area contributed by atoms with Crippen LogP contribution in [0.25, 0.3) is 0 Å². The van der Waals surface area contributed by atoms with Gasteiger partial charge < -0.3 is 10.1 Å². The normalized spacial score (nSPS) is 14.8. The highest BCUT2D eigenvalue weighted by molar-refractivity contribution is 9.10. The third kappa shape index (κ3) is 5.69. The van der Waals surface area contributed by atoms with Gasteiger partial charge >= 0.3 is 0 Å². The van der Waals surface area contributed by atoms with Gasteiger partial charge in [0.2, 0.25) is 11.8 Å². The number of amides is 1. The Bertz CT molecular complexity index is 889. The van der Waals surface area contributed by atoms with Gasteiger partial charge in [-0.3, -0.25) is 9.48 Å². The number of aliphatic imine (C=N–C) groups is 1. The first-order valence-corrected chi connectivity index (χ1v) is 10.9. The molecule has 0 fully saturated rings. The van der Waals surface area contributed by atoms with Crippen LogP contribution in [0, 0.1) is 11.8 Å². The van der Waals surface area contributed by atoms with Crippen molar-refractivity contribution in [2.45, 2.75) is 46.6 Å². The summed E-state index contributed by atoms with van der Waals surface area (Å²) in [4.78, 5) is 17.6. The van der Waals surface area contributed by atoms with Crippen molar-refractivity contribution in [3.05, 3.63) is 46.2 Å². The quantitative estimate of drug-likeness (QED) is 0.611. The van der Waals surface area contributed by atoms with Gasteiger partial charge in [0, 0.05) is 29.1 Å². The molecular formula is C22H29BrN4O2. The highest BCUT2D eigenvalue weighted by atomic mass is 79.9. The Balaban J connectivity index is 1.80. The zero-order chi connectivity index (χ0) is 21.0. The minimum Gasteiger partial charge on any atom is -0.475 e. The summed E-state index contributed by atoms with van der Waals surface area (Å²) in [7, 11) is 0.